The number of aromatic nitrogens is 3. The number of aryl methyl sites for hydroxylation is 1. The van der Waals surface area contributed by atoms with Gasteiger partial charge in [-0.1, -0.05) is 6.07 Å². The van der Waals surface area contributed by atoms with E-state index in [9.17, 15) is 9.59 Å². The highest BCUT2D eigenvalue weighted by Gasteiger charge is 2.63. The van der Waals surface area contributed by atoms with Gasteiger partial charge in [0.15, 0.2) is 0 Å². The number of hydrogen-bond donors (Lipinski definition) is 1. The minimum atomic E-state index is -0.244. The van der Waals surface area contributed by atoms with E-state index in [1.54, 1.807) is 30.3 Å². The van der Waals surface area contributed by atoms with Gasteiger partial charge < -0.3 is 19.5 Å². The Balaban J connectivity index is 1.25. The molecule has 0 radical (unpaired) electrons. The molecule has 8 heteroatoms. The summed E-state index contributed by atoms with van der Waals surface area (Å²) < 4.78 is 8.11. The van der Waals surface area contributed by atoms with E-state index in [4.69, 9.17) is 4.74 Å². The van der Waals surface area contributed by atoms with Crippen molar-refractivity contribution in [2.24, 2.45) is 18.9 Å². The second-order valence-electron chi connectivity index (χ2n) is 8.40. The van der Waals surface area contributed by atoms with Gasteiger partial charge in [-0.3, -0.25) is 14.6 Å². The number of carbonyl (C=O) groups excluding carboxylic acids is 2. The van der Waals surface area contributed by atoms with Gasteiger partial charge in [-0.05, 0) is 25.0 Å². The molecule has 2 aromatic heterocycles. The Hall–Kier alpha value is -2.74. The predicted molar refractivity (Wildman–Crippen MR) is 104 cm³/mol. The van der Waals surface area contributed by atoms with Crippen molar-refractivity contribution < 1.29 is 14.3 Å². The number of likely N-dealkylation sites (tertiary alicyclic amines) is 1. The SMILES string of the molecule is Cn1cncc1C(=O)NC[C@H]1[C@H]2CN(C(=O)Cc3ccccn3)C[C@]23CC[C@H]1O3. The second kappa shape index (κ2) is 6.95. The number of nitrogens with one attached hydrogen (secondary N) is 1. The van der Waals surface area contributed by atoms with Crippen LogP contribution in [0.3, 0.4) is 0 Å². The molecule has 29 heavy (non-hydrogen) atoms. The van der Waals surface area contributed by atoms with Crippen LogP contribution >= 0.6 is 0 Å². The first-order valence-corrected chi connectivity index (χ1v) is 10.2. The Labute approximate surface area is 169 Å². The van der Waals surface area contributed by atoms with Gasteiger partial charge in [0.2, 0.25) is 5.91 Å². The summed E-state index contributed by atoms with van der Waals surface area (Å²) in [5.74, 6) is 0.467. The zero-order valence-corrected chi connectivity index (χ0v) is 16.5. The van der Waals surface area contributed by atoms with E-state index in [1.165, 1.54) is 0 Å². The summed E-state index contributed by atoms with van der Waals surface area (Å²) in [4.78, 5) is 35.5. The van der Waals surface area contributed by atoms with E-state index < -0.39 is 0 Å². The van der Waals surface area contributed by atoms with Gasteiger partial charge in [0.1, 0.15) is 5.69 Å². The molecule has 0 aliphatic carbocycles. The summed E-state index contributed by atoms with van der Waals surface area (Å²) in [5, 5.41) is 3.05. The zero-order chi connectivity index (χ0) is 20.0. The molecule has 4 atom stereocenters. The van der Waals surface area contributed by atoms with Crippen LogP contribution in [0.5, 0.6) is 0 Å². The van der Waals surface area contributed by atoms with Gasteiger partial charge >= 0.3 is 0 Å². The highest BCUT2D eigenvalue weighted by atomic mass is 16.5. The highest BCUT2D eigenvalue weighted by molar-refractivity contribution is 5.92. The number of amides is 2. The summed E-state index contributed by atoms with van der Waals surface area (Å²) in [6.45, 7) is 1.89. The lowest BCUT2D eigenvalue weighted by atomic mass is 9.73. The van der Waals surface area contributed by atoms with Crippen LogP contribution < -0.4 is 5.32 Å². The van der Waals surface area contributed by atoms with Crippen LogP contribution in [0.1, 0.15) is 29.0 Å². The average Bonchev–Trinajstić information content (AvgIpc) is 3.47. The third-order valence-corrected chi connectivity index (χ3v) is 6.74. The van der Waals surface area contributed by atoms with Crippen LogP contribution in [0.25, 0.3) is 0 Å². The van der Waals surface area contributed by atoms with Crippen LogP contribution in [0, 0.1) is 11.8 Å². The molecule has 3 fully saturated rings. The summed E-state index contributed by atoms with van der Waals surface area (Å²) in [5.41, 5.74) is 1.09. The van der Waals surface area contributed by atoms with Gasteiger partial charge in [-0.25, -0.2) is 4.98 Å². The molecule has 8 nitrogen and oxygen atoms in total. The maximum Gasteiger partial charge on any atom is 0.269 e. The summed E-state index contributed by atoms with van der Waals surface area (Å²) >= 11 is 0. The maximum atomic E-state index is 12.8. The molecule has 3 aliphatic heterocycles. The lowest BCUT2D eigenvalue weighted by molar-refractivity contribution is -0.131. The van der Waals surface area contributed by atoms with Crippen molar-refractivity contribution in [1.29, 1.82) is 0 Å². The van der Waals surface area contributed by atoms with Crippen LogP contribution in [0.4, 0.5) is 0 Å². The third kappa shape index (κ3) is 3.11. The number of hydrogen-bond acceptors (Lipinski definition) is 5. The molecule has 0 unspecified atom stereocenters. The molecule has 0 aromatic carbocycles. The normalized spacial score (nSPS) is 29.8. The molecule has 2 amide bonds. The van der Waals surface area contributed by atoms with E-state index in [2.05, 4.69) is 15.3 Å². The molecule has 2 aromatic rings. The topological polar surface area (TPSA) is 89.4 Å². The molecule has 152 valence electrons. The quantitative estimate of drug-likeness (QED) is 0.809. The van der Waals surface area contributed by atoms with E-state index in [0.717, 1.165) is 18.5 Å². The smallest absolute Gasteiger partial charge is 0.269 e. The molecule has 3 aliphatic rings. The van der Waals surface area contributed by atoms with Gasteiger partial charge in [0.25, 0.3) is 5.91 Å². The zero-order valence-electron chi connectivity index (χ0n) is 16.5. The predicted octanol–water partition coefficient (Wildman–Crippen LogP) is 0.794. The van der Waals surface area contributed by atoms with Crippen molar-refractivity contribution in [3.8, 4) is 0 Å². The fourth-order valence-corrected chi connectivity index (χ4v) is 5.30. The van der Waals surface area contributed by atoms with Crippen molar-refractivity contribution in [3.05, 3.63) is 48.3 Å². The van der Waals surface area contributed by atoms with Crippen molar-refractivity contribution in [3.63, 3.8) is 0 Å². The third-order valence-electron chi connectivity index (χ3n) is 6.74. The first-order valence-electron chi connectivity index (χ1n) is 10.2. The van der Waals surface area contributed by atoms with Crippen LogP contribution in [0.15, 0.2) is 36.9 Å². The molecule has 2 bridgehead atoms. The molecule has 5 rings (SSSR count). The van der Waals surface area contributed by atoms with Crippen molar-refractivity contribution in [1.82, 2.24) is 24.8 Å². The fraction of sp³-hybridized carbons (Fsp3) is 0.524. The molecule has 1 N–H and O–H groups in total. The highest BCUT2D eigenvalue weighted by Crippen LogP contribution is 2.54. The molecular weight excluding hydrogens is 370 g/mol. The van der Waals surface area contributed by atoms with E-state index >= 15 is 0 Å². The van der Waals surface area contributed by atoms with Crippen molar-refractivity contribution in [2.75, 3.05) is 19.6 Å². The number of ether oxygens (including phenoxy) is 1. The molecular formula is C21H25N5O3. The Kier molecular flexibility index (Phi) is 4.38. The number of rotatable bonds is 5. The summed E-state index contributed by atoms with van der Waals surface area (Å²) in [7, 11) is 1.81. The molecule has 0 saturated carbocycles. The van der Waals surface area contributed by atoms with E-state index in [0.29, 0.717) is 31.7 Å². The standard InChI is InChI=1S/C21H25N5O3/c1-25-13-22-10-17(25)20(28)24-9-15-16-11-26(12-21(16)6-5-18(15)29-21)19(27)8-14-4-2-3-7-23-14/h2-4,7,10,13,15-16,18H,5-6,8-9,11-12H2,1H3,(H,24,28)/t15-,16+,18+,21+/m0/s1. The van der Waals surface area contributed by atoms with Gasteiger partial charge in [-0.15, -0.1) is 0 Å². The first kappa shape index (κ1) is 18.3. The van der Waals surface area contributed by atoms with Crippen molar-refractivity contribution in [2.45, 2.75) is 31.0 Å². The first-order chi connectivity index (χ1) is 14.1. The summed E-state index contributed by atoms with van der Waals surface area (Å²) in [6, 6.07) is 5.63. The second-order valence-corrected chi connectivity index (χ2v) is 8.40. The number of fused-ring (bicyclic) bond motifs is 1. The number of pyridine rings is 1. The van der Waals surface area contributed by atoms with Crippen molar-refractivity contribution >= 4 is 11.8 Å². The average molecular weight is 395 g/mol. The van der Waals surface area contributed by atoms with E-state index in [-0.39, 0.29) is 35.4 Å². The van der Waals surface area contributed by atoms with Crippen LogP contribution in [-0.4, -0.2) is 62.6 Å². The number of carbonyl (C=O) groups is 2. The Morgan fingerprint density at radius 3 is 3.03 bits per heavy atom. The van der Waals surface area contributed by atoms with Crippen LogP contribution in [-0.2, 0) is 23.0 Å². The maximum absolute atomic E-state index is 12.8. The lowest BCUT2D eigenvalue weighted by Gasteiger charge is -2.29. The van der Waals surface area contributed by atoms with E-state index in [1.807, 2.05) is 23.1 Å². The number of imidazole rings is 1. The minimum Gasteiger partial charge on any atom is -0.369 e. The number of nitrogens with zero attached hydrogens (tertiary/aromatic N) is 4. The lowest BCUT2D eigenvalue weighted by Crippen LogP contribution is -2.42. The molecule has 1 spiro atoms. The minimum absolute atomic E-state index is 0.0946. The fourth-order valence-electron chi connectivity index (χ4n) is 5.30. The van der Waals surface area contributed by atoms with Crippen LogP contribution in [0.2, 0.25) is 0 Å². The summed E-state index contributed by atoms with van der Waals surface area (Å²) in [6.07, 6.45) is 7.36. The largest absolute Gasteiger partial charge is 0.369 e. The molecule has 3 saturated heterocycles. The Morgan fingerprint density at radius 1 is 1.38 bits per heavy atom. The van der Waals surface area contributed by atoms with Gasteiger partial charge in [0.05, 0.1) is 37.2 Å². The van der Waals surface area contributed by atoms with Gasteiger partial charge in [-0.2, -0.15) is 0 Å². The van der Waals surface area contributed by atoms with Gasteiger partial charge in [0, 0.05) is 43.9 Å². The Bertz CT molecular complexity index is 929. The Morgan fingerprint density at radius 2 is 2.28 bits per heavy atom. The monoisotopic (exact) mass is 395 g/mol. The molecule has 5 heterocycles.